The lowest BCUT2D eigenvalue weighted by atomic mass is 9.78. The van der Waals surface area contributed by atoms with E-state index in [9.17, 15) is 0 Å². The molecule has 0 N–H and O–H groups in total. The van der Waals surface area contributed by atoms with Crippen LogP contribution in [0.2, 0.25) is 0 Å². The molecule has 0 atom stereocenters. The Morgan fingerprint density at radius 3 is 0.500 bits per heavy atom. The first kappa shape index (κ1) is 75.7. The highest BCUT2D eigenvalue weighted by Gasteiger charge is 2.35. The van der Waals surface area contributed by atoms with Crippen LogP contribution in [0.5, 0.6) is 0 Å². The minimum absolute atomic E-state index is 0.0123. The van der Waals surface area contributed by atoms with E-state index in [4.69, 9.17) is 37.9 Å². The molecular formula is C104H70O16. The quantitative estimate of drug-likeness (QED) is 0.0225. The molecule has 0 bridgehead atoms. The fourth-order valence-corrected chi connectivity index (χ4v) is 16.2. The van der Waals surface area contributed by atoms with Gasteiger partial charge < -0.3 is 37.9 Å². The zero-order valence-corrected chi connectivity index (χ0v) is 64.4. The summed E-state index contributed by atoms with van der Waals surface area (Å²) in [4.78, 5) is 126. The first-order chi connectivity index (χ1) is 58.9. The van der Waals surface area contributed by atoms with E-state index in [1.54, 1.807) is 109 Å². The van der Waals surface area contributed by atoms with Crippen LogP contribution in [0.3, 0.4) is 0 Å². The van der Waals surface area contributed by atoms with Crippen LogP contribution in [0.25, 0.3) is 97.3 Å². The molecule has 0 saturated heterocycles. The van der Waals surface area contributed by atoms with Gasteiger partial charge in [0.05, 0.1) is 44.5 Å². The van der Waals surface area contributed by atoms with E-state index in [0.717, 1.165) is 0 Å². The Morgan fingerprint density at radius 2 is 0.308 bits per heavy atom. The molecule has 0 aliphatic carbocycles. The molecule has 18 aromatic rings. The third-order valence-electron chi connectivity index (χ3n) is 21.8. The molecule has 0 fully saturated rings. The van der Waals surface area contributed by atoms with E-state index in [0.29, 0.717) is 109 Å². The van der Waals surface area contributed by atoms with Crippen molar-refractivity contribution in [1.82, 2.24) is 0 Å². The number of carbonyl (C=O) groups is 8. The van der Waals surface area contributed by atoms with Crippen LogP contribution < -0.4 is 0 Å². The lowest BCUT2D eigenvalue weighted by Crippen LogP contribution is -2.14. The smallest absolute Gasteiger partial charge is 0.339 e. The molecule has 0 saturated carbocycles. The highest BCUT2D eigenvalue weighted by atomic mass is 16.6. The Kier molecular flexibility index (Phi) is 21.0. The molecule has 0 aliphatic rings. The van der Waals surface area contributed by atoms with Crippen molar-refractivity contribution < 1.29 is 76.3 Å². The average Bonchev–Trinajstić information content (AvgIpc) is 0.682. The predicted molar refractivity (Wildman–Crippen MR) is 459 cm³/mol. The number of benzene rings is 18. The first-order valence-electron chi connectivity index (χ1n) is 39.1. The molecule has 18 rings (SSSR count). The van der Waals surface area contributed by atoms with E-state index >= 15 is 38.4 Å². The highest BCUT2D eigenvalue weighted by Crippen LogP contribution is 2.54. The van der Waals surface area contributed by atoms with Crippen molar-refractivity contribution in [2.45, 2.75) is 52.9 Å². The number of esters is 8. The van der Waals surface area contributed by atoms with Gasteiger partial charge in [0.1, 0.15) is 52.9 Å². The molecular weight excluding hydrogens is 1510 g/mol. The largest absolute Gasteiger partial charge is 0.457 e. The second kappa shape index (κ2) is 33.3. The predicted octanol–water partition coefficient (Wildman–Crippen LogP) is 22.3. The number of ether oxygens (including phenoxy) is 8. The fourth-order valence-electron chi connectivity index (χ4n) is 16.2. The van der Waals surface area contributed by atoms with Crippen molar-refractivity contribution in [3.63, 3.8) is 0 Å². The zero-order valence-electron chi connectivity index (χ0n) is 64.4. The summed E-state index contributed by atoms with van der Waals surface area (Å²) in [5.74, 6) is -6.56. The molecule has 0 unspecified atom stereocenters. The molecule has 0 radical (unpaired) electrons. The van der Waals surface area contributed by atoms with E-state index < -0.39 is 47.8 Å². The van der Waals surface area contributed by atoms with E-state index in [2.05, 4.69) is 0 Å². The molecule has 0 spiro atoms. The van der Waals surface area contributed by atoms with Crippen molar-refractivity contribution in [2.75, 3.05) is 0 Å². The topological polar surface area (TPSA) is 210 Å². The number of hydrogen-bond acceptors (Lipinski definition) is 16. The van der Waals surface area contributed by atoms with Crippen molar-refractivity contribution in [2.24, 2.45) is 0 Å². The molecule has 0 heterocycles. The maximum atomic E-state index is 16.3. The van der Waals surface area contributed by atoms with Gasteiger partial charge in [-0.2, -0.15) is 0 Å². The maximum Gasteiger partial charge on any atom is 0.339 e. The van der Waals surface area contributed by atoms with Crippen LogP contribution in [0.1, 0.15) is 127 Å². The summed E-state index contributed by atoms with van der Waals surface area (Å²) in [6.07, 6.45) is 0. The van der Waals surface area contributed by atoms with E-state index in [-0.39, 0.29) is 130 Å². The molecule has 0 aliphatic heterocycles. The van der Waals surface area contributed by atoms with E-state index in [1.165, 1.54) is 0 Å². The summed E-state index contributed by atoms with van der Waals surface area (Å²) >= 11 is 0. The molecule has 16 nitrogen and oxygen atoms in total. The number of carbonyl (C=O) groups excluding carboxylic acids is 8. The number of fused-ring (bicyclic) bond motifs is 4. The van der Waals surface area contributed by atoms with Gasteiger partial charge >= 0.3 is 47.8 Å². The third kappa shape index (κ3) is 14.8. The third-order valence-corrected chi connectivity index (χ3v) is 21.8. The van der Waals surface area contributed by atoms with Gasteiger partial charge in [0.25, 0.3) is 0 Å². The minimum Gasteiger partial charge on any atom is -0.457 e. The lowest BCUT2D eigenvalue weighted by molar-refractivity contribution is 0.0458. The van der Waals surface area contributed by atoms with Gasteiger partial charge in [-0.3, -0.25) is 0 Å². The van der Waals surface area contributed by atoms with Crippen molar-refractivity contribution in [3.05, 3.63) is 417 Å². The van der Waals surface area contributed by atoms with Gasteiger partial charge in [0, 0.05) is 21.5 Å². The van der Waals surface area contributed by atoms with Gasteiger partial charge in [-0.25, -0.2) is 38.4 Å². The molecule has 0 aromatic heterocycles. The Hall–Kier alpha value is -15.7. The lowest BCUT2D eigenvalue weighted by Gasteiger charge is -2.25. The molecule has 0 amide bonds. The summed E-state index contributed by atoms with van der Waals surface area (Å²) in [7, 11) is 0. The van der Waals surface area contributed by atoms with Gasteiger partial charge in [-0.05, 0) is 169 Å². The second-order valence-electron chi connectivity index (χ2n) is 29.2. The zero-order chi connectivity index (χ0) is 81.7. The summed E-state index contributed by atoms with van der Waals surface area (Å²) in [5.41, 5.74) is 5.33. The van der Waals surface area contributed by atoms with Crippen LogP contribution >= 0.6 is 0 Å². The number of hydrogen-bond donors (Lipinski definition) is 0. The first-order valence-corrected chi connectivity index (χ1v) is 39.1. The second-order valence-corrected chi connectivity index (χ2v) is 29.2. The molecule has 582 valence electrons. The van der Waals surface area contributed by atoms with Gasteiger partial charge in [-0.15, -0.1) is 0 Å². The number of rotatable bonds is 25. The maximum absolute atomic E-state index is 16.3. The van der Waals surface area contributed by atoms with Crippen LogP contribution in [0, 0.1) is 0 Å². The summed E-state index contributed by atoms with van der Waals surface area (Å²) in [6, 6.07) is 96.1. The Morgan fingerprint density at radius 1 is 0.150 bits per heavy atom. The average molecular weight is 1580 g/mol. The summed E-state index contributed by atoms with van der Waals surface area (Å²) in [5, 5.41) is 4.72. The molecule has 120 heavy (non-hydrogen) atoms. The molecule has 16 heteroatoms. The van der Waals surface area contributed by atoms with Gasteiger partial charge in [-0.1, -0.05) is 279 Å². The van der Waals surface area contributed by atoms with Crippen LogP contribution in [-0.2, 0) is 90.7 Å². The fraction of sp³-hybridized carbons (Fsp3) is 0.0769. The van der Waals surface area contributed by atoms with Crippen LogP contribution in [0.4, 0.5) is 0 Å². The van der Waals surface area contributed by atoms with E-state index in [1.807, 2.05) is 218 Å². The van der Waals surface area contributed by atoms with Gasteiger partial charge in [0.2, 0.25) is 0 Å². The monoisotopic (exact) mass is 1570 g/mol. The van der Waals surface area contributed by atoms with Crippen molar-refractivity contribution in [3.8, 4) is 11.1 Å². The Labute approximate surface area is 686 Å². The van der Waals surface area contributed by atoms with Crippen LogP contribution in [-0.4, -0.2) is 47.8 Å². The normalized spacial score (nSPS) is 11.4. The Balaban J connectivity index is 1.000. The summed E-state index contributed by atoms with van der Waals surface area (Å²) < 4.78 is 50.3. The van der Waals surface area contributed by atoms with Crippen molar-refractivity contribution >= 4 is 134 Å². The van der Waals surface area contributed by atoms with Gasteiger partial charge in [0.15, 0.2) is 0 Å². The standard InChI is InChI=1S/C104H70O16/c105-97(113-55-63-25-9-1-10-26-63)77-47-41-71-73-43-49-81(101(109)117-59-67-33-17-5-18-34-67)93-85(103(111)119-61-69-37-21-7-22-38-69)53-83(89(95(73)93)75-45-51-79(91(77)87(71)75)99(107)115-57-65-29-13-3-14-30-65)84-54-86(104(112)120-62-70-39-23-8-24-40-70)94-82(102(110)118-60-68-35-19-6-20-36-68)50-44-74-72-42-48-78(98(106)114-56-64-27-11-2-12-28-64)92-80(52-46-76(88(72)92)90(84)96(74)94)100(108)116-58-66-31-15-4-16-32-66/h1-54H,55-62H2. The summed E-state index contributed by atoms with van der Waals surface area (Å²) in [6.45, 7) is -1.41. The highest BCUT2D eigenvalue weighted by molar-refractivity contribution is 6.44. The SMILES string of the molecule is O=C(OCc1ccccc1)c1ccc2c3ccc(C(=O)OCc4ccccc4)c4c(C(=O)OCc5ccccc5)cc(-c5cc(C(=O)OCc6ccccc6)c6c(C(=O)OCc7ccccc7)ccc7c8ccc(C(=O)OCc9ccccc9)c9c(C(=O)OCc%10ccccc%10)ccc(c5c67)c98)c(c5ccc(C(=O)OCc6ccccc6)c1c25)c43. The van der Waals surface area contributed by atoms with Crippen LogP contribution in [0.15, 0.2) is 328 Å². The van der Waals surface area contributed by atoms with Crippen molar-refractivity contribution in [1.29, 1.82) is 0 Å². The Bertz CT molecular complexity index is 6480. The molecule has 18 aromatic carbocycles. The minimum atomic E-state index is -0.893.